The van der Waals surface area contributed by atoms with E-state index in [1.54, 1.807) is 35.3 Å². The molecule has 0 N–H and O–H groups in total. The van der Waals surface area contributed by atoms with Crippen molar-refractivity contribution in [1.82, 2.24) is 4.90 Å². The number of carbonyl (C=O) groups is 1. The molecule has 1 aromatic carbocycles. The van der Waals surface area contributed by atoms with Gasteiger partial charge in [0, 0.05) is 19.2 Å². The number of fused-ring (bicyclic) bond motifs is 1. The van der Waals surface area contributed by atoms with E-state index >= 15 is 0 Å². The Morgan fingerprint density at radius 1 is 1.23 bits per heavy atom. The standard InChI is InChI=1S/C17H18ClNO3/c1-3-7-19(8-4-2)16(20)6-5-13-11-14(18)17-15(12-13)21-9-10-22-17/h3-6,11-12H,1-2,7-10H2/b6-5+. The molecule has 1 heterocycles. The minimum Gasteiger partial charge on any atom is -0.486 e. The Kier molecular flexibility index (Phi) is 5.67. The molecule has 0 aliphatic carbocycles. The second-order valence-corrected chi connectivity index (χ2v) is 5.09. The Balaban J connectivity index is 2.15. The molecule has 1 aliphatic rings. The number of hydrogen-bond donors (Lipinski definition) is 0. The van der Waals surface area contributed by atoms with Crippen molar-refractivity contribution in [2.24, 2.45) is 0 Å². The first-order valence-electron chi connectivity index (χ1n) is 6.93. The van der Waals surface area contributed by atoms with E-state index in [2.05, 4.69) is 13.2 Å². The van der Waals surface area contributed by atoms with E-state index in [4.69, 9.17) is 21.1 Å². The number of carbonyl (C=O) groups excluding carboxylic acids is 1. The summed E-state index contributed by atoms with van der Waals surface area (Å²) in [5, 5.41) is 0.471. The molecule has 5 heteroatoms. The number of amides is 1. The van der Waals surface area contributed by atoms with Crippen LogP contribution in [-0.4, -0.2) is 37.1 Å². The smallest absolute Gasteiger partial charge is 0.247 e. The van der Waals surface area contributed by atoms with E-state index in [1.807, 2.05) is 0 Å². The number of nitrogens with zero attached hydrogens (tertiary/aromatic N) is 1. The van der Waals surface area contributed by atoms with Gasteiger partial charge in [-0.3, -0.25) is 4.79 Å². The highest BCUT2D eigenvalue weighted by Crippen LogP contribution is 2.38. The molecule has 0 saturated heterocycles. The van der Waals surface area contributed by atoms with Crippen molar-refractivity contribution in [2.45, 2.75) is 0 Å². The molecule has 2 rings (SSSR count). The van der Waals surface area contributed by atoms with Crippen LogP contribution in [0.25, 0.3) is 6.08 Å². The number of hydrogen-bond acceptors (Lipinski definition) is 3. The third-order valence-electron chi connectivity index (χ3n) is 3.05. The highest BCUT2D eigenvalue weighted by Gasteiger charge is 2.16. The molecular formula is C17H18ClNO3. The van der Waals surface area contributed by atoms with Crippen molar-refractivity contribution in [1.29, 1.82) is 0 Å². The molecule has 1 amide bonds. The summed E-state index contributed by atoms with van der Waals surface area (Å²) in [4.78, 5) is 13.7. The Morgan fingerprint density at radius 2 is 1.91 bits per heavy atom. The third-order valence-corrected chi connectivity index (χ3v) is 3.33. The van der Waals surface area contributed by atoms with Crippen molar-refractivity contribution < 1.29 is 14.3 Å². The second kappa shape index (κ2) is 7.71. The summed E-state index contributed by atoms with van der Waals surface area (Å²) in [6.45, 7) is 9.20. The normalized spacial score (nSPS) is 13.0. The fraction of sp³-hybridized carbons (Fsp3) is 0.235. The molecule has 0 unspecified atom stereocenters. The number of halogens is 1. The summed E-state index contributed by atoms with van der Waals surface area (Å²) in [6, 6.07) is 3.54. The van der Waals surface area contributed by atoms with Crippen molar-refractivity contribution in [3.8, 4) is 11.5 Å². The van der Waals surface area contributed by atoms with Crippen molar-refractivity contribution in [3.05, 3.63) is 54.1 Å². The summed E-state index contributed by atoms with van der Waals surface area (Å²) < 4.78 is 11.0. The molecular weight excluding hydrogens is 302 g/mol. The van der Waals surface area contributed by atoms with Crippen LogP contribution in [0, 0.1) is 0 Å². The molecule has 0 saturated carbocycles. The van der Waals surface area contributed by atoms with E-state index < -0.39 is 0 Å². The van der Waals surface area contributed by atoms with Gasteiger partial charge < -0.3 is 14.4 Å². The lowest BCUT2D eigenvalue weighted by molar-refractivity contribution is -0.124. The summed E-state index contributed by atoms with van der Waals surface area (Å²) in [6.07, 6.45) is 6.55. The highest BCUT2D eigenvalue weighted by molar-refractivity contribution is 6.32. The zero-order valence-corrected chi connectivity index (χ0v) is 13.0. The molecule has 0 fully saturated rings. The van der Waals surface area contributed by atoms with Gasteiger partial charge >= 0.3 is 0 Å². The van der Waals surface area contributed by atoms with Crippen LogP contribution in [0.2, 0.25) is 5.02 Å². The Hall–Kier alpha value is -2.20. The van der Waals surface area contributed by atoms with Crippen LogP contribution in [0.5, 0.6) is 11.5 Å². The number of rotatable bonds is 6. The van der Waals surface area contributed by atoms with Gasteiger partial charge in [-0.1, -0.05) is 23.8 Å². The summed E-state index contributed by atoms with van der Waals surface area (Å²) >= 11 is 6.16. The average Bonchev–Trinajstić information content (AvgIpc) is 2.52. The predicted molar refractivity (Wildman–Crippen MR) is 88.5 cm³/mol. The highest BCUT2D eigenvalue weighted by atomic mass is 35.5. The lowest BCUT2D eigenvalue weighted by Gasteiger charge is -2.20. The van der Waals surface area contributed by atoms with E-state index in [0.29, 0.717) is 42.8 Å². The molecule has 0 spiro atoms. The lowest BCUT2D eigenvalue weighted by Crippen LogP contribution is -2.29. The fourth-order valence-electron chi connectivity index (χ4n) is 2.07. The SMILES string of the molecule is C=CCN(CC=C)C(=O)/C=C/c1cc(Cl)c2c(c1)OCCO2. The molecule has 116 valence electrons. The van der Waals surface area contributed by atoms with E-state index in [1.165, 1.54) is 6.08 Å². The van der Waals surface area contributed by atoms with Crippen molar-refractivity contribution >= 4 is 23.6 Å². The maximum Gasteiger partial charge on any atom is 0.247 e. The summed E-state index contributed by atoms with van der Waals surface area (Å²) in [7, 11) is 0. The molecule has 0 aromatic heterocycles. The monoisotopic (exact) mass is 319 g/mol. The largest absolute Gasteiger partial charge is 0.486 e. The minimum absolute atomic E-state index is 0.120. The Morgan fingerprint density at radius 3 is 2.59 bits per heavy atom. The topological polar surface area (TPSA) is 38.8 Å². The zero-order chi connectivity index (χ0) is 15.9. The van der Waals surface area contributed by atoms with Crippen molar-refractivity contribution in [2.75, 3.05) is 26.3 Å². The molecule has 1 aromatic rings. The molecule has 0 radical (unpaired) electrons. The molecule has 0 bridgehead atoms. The third kappa shape index (κ3) is 3.92. The first-order valence-corrected chi connectivity index (χ1v) is 7.31. The van der Waals surface area contributed by atoms with Crippen LogP contribution in [0.3, 0.4) is 0 Å². The van der Waals surface area contributed by atoms with Crippen molar-refractivity contribution in [3.63, 3.8) is 0 Å². The molecule has 22 heavy (non-hydrogen) atoms. The quantitative estimate of drug-likeness (QED) is 0.596. The Labute approximate surface area is 135 Å². The van der Waals surface area contributed by atoms with Crippen LogP contribution in [0.1, 0.15) is 5.56 Å². The lowest BCUT2D eigenvalue weighted by atomic mass is 10.1. The van der Waals surface area contributed by atoms with Gasteiger partial charge in [-0.25, -0.2) is 0 Å². The molecule has 4 nitrogen and oxygen atoms in total. The Bertz CT molecular complexity index is 600. The van der Waals surface area contributed by atoms with Gasteiger partial charge in [0.05, 0.1) is 5.02 Å². The van der Waals surface area contributed by atoms with E-state index in [-0.39, 0.29) is 5.91 Å². The maximum atomic E-state index is 12.1. The average molecular weight is 320 g/mol. The predicted octanol–water partition coefficient (Wildman–Crippen LogP) is 3.33. The van der Waals surface area contributed by atoms with Crippen LogP contribution < -0.4 is 9.47 Å². The molecule has 0 atom stereocenters. The molecule has 1 aliphatic heterocycles. The van der Waals surface area contributed by atoms with Crippen LogP contribution in [0.4, 0.5) is 0 Å². The van der Waals surface area contributed by atoms with E-state index in [9.17, 15) is 4.79 Å². The van der Waals surface area contributed by atoms with Gasteiger partial charge in [0.1, 0.15) is 13.2 Å². The number of benzene rings is 1. The van der Waals surface area contributed by atoms with E-state index in [0.717, 1.165) is 5.56 Å². The van der Waals surface area contributed by atoms with Gasteiger partial charge in [-0.2, -0.15) is 0 Å². The van der Waals surface area contributed by atoms with Crippen LogP contribution in [0.15, 0.2) is 43.5 Å². The van der Waals surface area contributed by atoms with Gasteiger partial charge in [0.2, 0.25) is 5.91 Å². The van der Waals surface area contributed by atoms with Gasteiger partial charge in [0.15, 0.2) is 11.5 Å². The first-order chi connectivity index (χ1) is 10.7. The first kappa shape index (κ1) is 16.2. The number of ether oxygens (including phenoxy) is 2. The summed E-state index contributed by atoms with van der Waals surface area (Å²) in [5.74, 6) is 1.03. The van der Waals surface area contributed by atoms with Gasteiger partial charge in [0.25, 0.3) is 0 Å². The minimum atomic E-state index is -0.120. The van der Waals surface area contributed by atoms with Crippen LogP contribution in [-0.2, 0) is 4.79 Å². The van der Waals surface area contributed by atoms with Gasteiger partial charge in [-0.15, -0.1) is 13.2 Å². The fourth-order valence-corrected chi connectivity index (χ4v) is 2.34. The van der Waals surface area contributed by atoms with Crippen LogP contribution >= 0.6 is 11.6 Å². The maximum absolute atomic E-state index is 12.1. The van der Waals surface area contributed by atoms with Gasteiger partial charge in [-0.05, 0) is 23.8 Å². The zero-order valence-electron chi connectivity index (χ0n) is 12.3. The summed E-state index contributed by atoms with van der Waals surface area (Å²) in [5.41, 5.74) is 0.778. The second-order valence-electron chi connectivity index (χ2n) is 4.68.